The normalized spacial score (nSPS) is 20.1. The van der Waals surface area contributed by atoms with E-state index in [-0.39, 0.29) is 24.4 Å². The lowest BCUT2D eigenvalue weighted by molar-refractivity contribution is -0.128. The lowest BCUT2D eigenvalue weighted by Gasteiger charge is -2.16. The average molecular weight is 236 g/mol. The zero-order valence-corrected chi connectivity index (χ0v) is 9.99. The van der Waals surface area contributed by atoms with Gasteiger partial charge in [0.25, 0.3) is 5.56 Å². The van der Waals surface area contributed by atoms with Crippen LogP contribution in [-0.2, 0) is 11.3 Å². The number of aromatic nitrogens is 1. The van der Waals surface area contributed by atoms with Crippen molar-refractivity contribution < 1.29 is 9.90 Å². The number of β-amino-alcohol motifs (C(OH)–C–C–N with tert-alkyl or cyclic N) is 1. The highest BCUT2D eigenvalue weighted by molar-refractivity contribution is 5.79. The Morgan fingerprint density at radius 1 is 1.47 bits per heavy atom. The van der Waals surface area contributed by atoms with E-state index in [1.807, 2.05) is 19.9 Å². The molecule has 1 amide bonds. The number of aliphatic hydroxyl groups is 1. The van der Waals surface area contributed by atoms with Gasteiger partial charge >= 0.3 is 0 Å². The van der Waals surface area contributed by atoms with E-state index < -0.39 is 6.10 Å². The van der Waals surface area contributed by atoms with Gasteiger partial charge in [0.1, 0.15) is 0 Å². The van der Waals surface area contributed by atoms with Crippen molar-refractivity contribution >= 4 is 5.91 Å². The lowest BCUT2D eigenvalue weighted by atomic mass is 10.1. The number of likely N-dealkylation sites (tertiary alicyclic amines) is 1. The van der Waals surface area contributed by atoms with Crippen LogP contribution >= 0.6 is 0 Å². The van der Waals surface area contributed by atoms with Gasteiger partial charge in [0.15, 0.2) is 0 Å². The Bertz CT molecular complexity index is 507. The molecule has 1 aromatic rings. The quantitative estimate of drug-likeness (QED) is 0.764. The van der Waals surface area contributed by atoms with Crippen LogP contribution in [0, 0.1) is 13.8 Å². The molecule has 1 aromatic heterocycles. The Morgan fingerprint density at radius 3 is 2.71 bits per heavy atom. The summed E-state index contributed by atoms with van der Waals surface area (Å²) in [4.78, 5) is 27.6. The average Bonchev–Trinajstić information content (AvgIpc) is 2.51. The Kier molecular flexibility index (Phi) is 3.02. The molecule has 92 valence electrons. The largest absolute Gasteiger partial charge is 0.391 e. The second-order valence-corrected chi connectivity index (χ2v) is 4.58. The number of hydrogen-bond acceptors (Lipinski definition) is 3. The molecule has 1 aliphatic heterocycles. The summed E-state index contributed by atoms with van der Waals surface area (Å²) in [5.41, 5.74) is 2.12. The van der Waals surface area contributed by atoms with Crippen molar-refractivity contribution in [3.63, 3.8) is 0 Å². The van der Waals surface area contributed by atoms with Gasteiger partial charge < -0.3 is 15.0 Å². The Labute approximate surface area is 99.1 Å². The van der Waals surface area contributed by atoms with Gasteiger partial charge in [-0.15, -0.1) is 0 Å². The van der Waals surface area contributed by atoms with Gasteiger partial charge in [-0.1, -0.05) is 0 Å². The predicted octanol–water partition coefficient (Wildman–Crippen LogP) is 0.0849. The molecule has 0 spiro atoms. The molecule has 2 N–H and O–H groups in total. The topological polar surface area (TPSA) is 73.4 Å². The maximum atomic E-state index is 11.8. The van der Waals surface area contributed by atoms with Gasteiger partial charge in [0.2, 0.25) is 5.91 Å². The van der Waals surface area contributed by atoms with Crippen LogP contribution in [0.4, 0.5) is 0 Å². The molecular weight excluding hydrogens is 220 g/mol. The van der Waals surface area contributed by atoms with Gasteiger partial charge in [0.05, 0.1) is 19.1 Å². The number of rotatable bonds is 2. The maximum absolute atomic E-state index is 11.8. The van der Waals surface area contributed by atoms with E-state index in [1.54, 1.807) is 0 Å². The van der Waals surface area contributed by atoms with Crippen molar-refractivity contribution in [2.24, 2.45) is 0 Å². The molecule has 0 radical (unpaired) electrons. The minimum Gasteiger partial charge on any atom is -0.391 e. The highest BCUT2D eigenvalue weighted by atomic mass is 16.3. The summed E-state index contributed by atoms with van der Waals surface area (Å²) >= 11 is 0. The third-order valence-electron chi connectivity index (χ3n) is 3.04. The molecule has 0 bridgehead atoms. The molecule has 5 heteroatoms. The number of carbonyl (C=O) groups is 1. The Hall–Kier alpha value is -1.62. The van der Waals surface area contributed by atoms with Crippen molar-refractivity contribution in [1.82, 2.24) is 9.88 Å². The number of hydrogen-bond donors (Lipinski definition) is 2. The van der Waals surface area contributed by atoms with Crippen LogP contribution < -0.4 is 5.56 Å². The van der Waals surface area contributed by atoms with E-state index in [4.69, 9.17) is 0 Å². The molecule has 1 aliphatic rings. The third-order valence-corrected chi connectivity index (χ3v) is 3.04. The fraction of sp³-hybridized carbons (Fsp3) is 0.500. The first-order valence-electron chi connectivity index (χ1n) is 5.62. The van der Waals surface area contributed by atoms with E-state index in [9.17, 15) is 14.7 Å². The lowest BCUT2D eigenvalue weighted by Crippen LogP contribution is -2.29. The molecule has 0 aliphatic carbocycles. The van der Waals surface area contributed by atoms with Crippen molar-refractivity contribution in [2.45, 2.75) is 32.9 Å². The summed E-state index contributed by atoms with van der Waals surface area (Å²) in [6, 6.07) is 1.88. The Morgan fingerprint density at radius 2 is 2.18 bits per heavy atom. The van der Waals surface area contributed by atoms with Gasteiger partial charge in [-0.25, -0.2) is 0 Å². The third kappa shape index (κ3) is 2.39. The number of amides is 1. The summed E-state index contributed by atoms with van der Waals surface area (Å²) in [5.74, 6) is -0.100. The maximum Gasteiger partial charge on any atom is 0.253 e. The van der Waals surface area contributed by atoms with Gasteiger partial charge in [-0.2, -0.15) is 0 Å². The molecule has 1 saturated heterocycles. The fourth-order valence-corrected chi connectivity index (χ4v) is 2.17. The molecule has 0 aromatic carbocycles. The van der Waals surface area contributed by atoms with Crippen LogP contribution in [0.1, 0.15) is 23.2 Å². The van der Waals surface area contributed by atoms with E-state index in [0.717, 1.165) is 11.3 Å². The first kappa shape index (κ1) is 11.9. The highest BCUT2D eigenvalue weighted by Crippen LogP contribution is 2.15. The number of nitrogens with one attached hydrogen (secondary N) is 1. The summed E-state index contributed by atoms with van der Waals surface area (Å²) in [6.07, 6.45) is -0.449. The summed E-state index contributed by atoms with van der Waals surface area (Å²) in [7, 11) is 0. The molecule has 2 heterocycles. The van der Waals surface area contributed by atoms with E-state index in [0.29, 0.717) is 12.1 Å². The van der Waals surface area contributed by atoms with Crippen molar-refractivity contribution in [1.29, 1.82) is 0 Å². The zero-order valence-electron chi connectivity index (χ0n) is 9.99. The van der Waals surface area contributed by atoms with Crippen LogP contribution in [0.5, 0.6) is 0 Å². The predicted molar refractivity (Wildman–Crippen MR) is 62.6 cm³/mol. The summed E-state index contributed by atoms with van der Waals surface area (Å²) in [5, 5.41) is 9.38. The standard InChI is InChI=1S/C12H16N2O3/c1-7-3-8(2)13-12(17)10(7)6-14-5-9(15)4-11(14)16/h3,9,15H,4-6H2,1-2H3,(H,13,17). The van der Waals surface area contributed by atoms with E-state index in [2.05, 4.69) is 4.98 Å². The highest BCUT2D eigenvalue weighted by Gasteiger charge is 2.28. The Balaban J connectivity index is 2.25. The number of carbonyl (C=O) groups excluding carboxylic acids is 1. The van der Waals surface area contributed by atoms with Crippen molar-refractivity contribution in [3.05, 3.63) is 33.2 Å². The number of H-pyrrole nitrogens is 1. The van der Waals surface area contributed by atoms with E-state index >= 15 is 0 Å². The minimum absolute atomic E-state index is 0.100. The van der Waals surface area contributed by atoms with Crippen LogP contribution in [0.2, 0.25) is 0 Å². The molecule has 0 saturated carbocycles. The van der Waals surface area contributed by atoms with E-state index in [1.165, 1.54) is 4.90 Å². The number of aryl methyl sites for hydroxylation is 2. The van der Waals surface area contributed by atoms with Crippen LogP contribution in [0.25, 0.3) is 0 Å². The van der Waals surface area contributed by atoms with Crippen LogP contribution in [-0.4, -0.2) is 33.5 Å². The smallest absolute Gasteiger partial charge is 0.253 e. The monoisotopic (exact) mass is 236 g/mol. The summed E-state index contributed by atoms with van der Waals surface area (Å²) in [6.45, 7) is 4.26. The second-order valence-electron chi connectivity index (χ2n) is 4.58. The van der Waals surface area contributed by atoms with Gasteiger partial charge in [0, 0.05) is 17.8 Å². The molecule has 5 nitrogen and oxygen atoms in total. The van der Waals surface area contributed by atoms with Crippen LogP contribution in [0.15, 0.2) is 10.9 Å². The molecule has 1 unspecified atom stereocenters. The van der Waals surface area contributed by atoms with Crippen molar-refractivity contribution in [3.8, 4) is 0 Å². The first-order valence-corrected chi connectivity index (χ1v) is 5.62. The van der Waals surface area contributed by atoms with Gasteiger partial charge in [-0.05, 0) is 25.5 Å². The van der Waals surface area contributed by atoms with Crippen molar-refractivity contribution in [2.75, 3.05) is 6.54 Å². The van der Waals surface area contributed by atoms with Crippen LogP contribution in [0.3, 0.4) is 0 Å². The molecule has 1 fully saturated rings. The SMILES string of the molecule is Cc1cc(C)c(CN2CC(O)CC2=O)c(=O)[nH]1. The molecular formula is C12H16N2O3. The minimum atomic E-state index is -0.604. The first-order chi connectivity index (χ1) is 7.97. The fourth-order valence-electron chi connectivity index (χ4n) is 2.17. The molecule has 2 rings (SSSR count). The summed E-state index contributed by atoms with van der Waals surface area (Å²) < 4.78 is 0. The number of aliphatic hydroxyl groups excluding tert-OH is 1. The zero-order chi connectivity index (χ0) is 12.6. The number of pyridine rings is 1. The molecule has 1 atom stereocenters. The molecule has 17 heavy (non-hydrogen) atoms. The number of nitrogens with zero attached hydrogens (tertiary/aromatic N) is 1. The second kappa shape index (κ2) is 4.33. The van der Waals surface area contributed by atoms with Gasteiger partial charge in [-0.3, -0.25) is 9.59 Å². The number of aromatic amines is 1.